The van der Waals surface area contributed by atoms with Crippen LogP contribution in [0.4, 0.5) is 5.69 Å². The number of allylic oxidation sites excluding steroid dienone is 2. The van der Waals surface area contributed by atoms with Gasteiger partial charge in [-0.2, -0.15) is 0 Å². The maximum Gasteiger partial charge on any atom is 0.212 e. The number of nitrogens with one attached hydrogen (secondary N) is 2. The summed E-state index contributed by atoms with van der Waals surface area (Å²) in [5.41, 5.74) is 3.67. The Morgan fingerprint density at radius 1 is 1.27 bits per heavy atom. The SMILES string of the molecule is CNC1C(C(=Nc2cccc(-c3cccnc3)c2)NC=O)=CC=CN1C. The molecule has 6 nitrogen and oxygen atoms in total. The second-order valence-electron chi connectivity index (χ2n) is 5.83. The molecule has 2 N–H and O–H groups in total. The van der Waals surface area contributed by atoms with E-state index in [0.717, 1.165) is 22.4 Å². The van der Waals surface area contributed by atoms with Crippen molar-refractivity contribution in [3.05, 3.63) is 72.7 Å². The third-order valence-electron chi connectivity index (χ3n) is 4.12. The Labute approximate surface area is 153 Å². The lowest BCUT2D eigenvalue weighted by Gasteiger charge is -2.31. The molecule has 0 spiro atoms. The molecular weight excluding hydrogens is 326 g/mol. The number of hydrogen-bond acceptors (Lipinski definition) is 5. The number of rotatable bonds is 5. The molecular formula is C20H21N5O. The molecule has 0 radical (unpaired) electrons. The molecule has 1 aliphatic heterocycles. The highest BCUT2D eigenvalue weighted by atomic mass is 16.1. The minimum Gasteiger partial charge on any atom is -0.361 e. The van der Waals surface area contributed by atoms with Crippen molar-refractivity contribution in [2.45, 2.75) is 6.17 Å². The molecule has 3 rings (SSSR count). The highest BCUT2D eigenvalue weighted by Gasteiger charge is 2.22. The zero-order valence-corrected chi connectivity index (χ0v) is 14.8. The molecule has 2 heterocycles. The molecule has 1 amide bonds. The minimum atomic E-state index is -0.0762. The quantitative estimate of drug-likeness (QED) is 0.495. The number of carbonyl (C=O) groups excluding carboxylic acids is 1. The van der Waals surface area contributed by atoms with Crippen molar-refractivity contribution >= 4 is 17.9 Å². The molecule has 1 unspecified atom stereocenters. The van der Waals surface area contributed by atoms with Gasteiger partial charge in [0.1, 0.15) is 12.0 Å². The van der Waals surface area contributed by atoms with E-state index in [1.807, 2.05) is 79.9 Å². The van der Waals surface area contributed by atoms with Gasteiger partial charge in [0, 0.05) is 36.8 Å². The summed E-state index contributed by atoms with van der Waals surface area (Å²) in [6, 6.07) is 11.7. The van der Waals surface area contributed by atoms with Gasteiger partial charge in [-0.15, -0.1) is 0 Å². The van der Waals surface area contributed by atoms with Crippen LogP contribution in [-0.4, -0.2) is 42.4 Å². The largest absolute Gasteiger partial charge is 0.361 e. The van der Waals surface area contributed by atoms with Crippen molar-refractivity contribution in [3.63, 3.8) is 0 Å². The van der Waals surface area contributed by atoms with Crippen LogP contribution in [0.2, 0.25) is 0 Å². The van der Waals surface area contributed by atoms with E-state index in [2.05, 4.69) is 20.6 Å². The Kier molecular flexibility index (Phi) is 5.56. The summed E-state index contributed by atoms with van der Waals surface area (Å²) in [6.45, 7) is 0. The molecule has 0 saturated heterocycles. The highest BCUT2D eigenvalue weighted by molar-refractivity contribution is 6.06. The topological polar surface area (TPSA) is 69.6 Å². The van der Waals surface area contributed by atoms with Crippen LogP contribution in [0.3, 0.4) is 0 Å². The number of pyridine rings is 1. The molecule has 2 aromatic rings. The van der Waals surface area contributed by atoms with Crippen molar-refractivity contribution in [1.82, 2.24) is 20.5 Å². The summed E-state index contributed by atoms with van der Waals surface area (Å²) in [7, 11) is 3.84. The summed E-state index contributed by atoms with van der Waals surface area (Å²) in [4.78, 5) is 22.0. The third kappa shape index (κ3) is 3.87. The standard InChI is InChI=1S/C20H21N5O/c1-21-20-18(9-5-11-25(20)2)19(23-14-26)24-17-8-3-6-15(12-17)16-7-4-10-22-13-16/h3-14,20-21H,1-2H3,(H,23,24,26). The fourth-order valence-electron chi connectivity index (χ4n) is 2.90. The Morgan fingerprint density at radius 3 is 2.85 bits per heavy atom. The van der Waals surface area contributed by atoms with Gasteiger partial charge in [-0.25, -0.2) is 4.99 Å². The number of aliphatic imine (C=N–C) groups is 1. The van der Waals surface area contributed by atoms with Crippen LogP contribution in [0.1, 0.15) is 0 Å². The fraction of sp³-hybridized carbons (Fsp3) is 0.150. The molecule has 132 valence electrons. The highest BCUT2D eigenvalue weighted by Crippen LogP contribution is 2.24. The molecule has 1 aliphatic rings. The Hall–Kier alpha value is -3.25. The number of hydrogen-bond donors (Lipinski definition) is 2. The first-order valence-corrected chi connectivity index (χ1v) is 8.30. The predicted molar refractivity (Wildman–Crippen MR) is 104 cm³/mol. The van der Waals surface area contributed by atoms with Gasteiger partial charge in [0.2, 0.25) is 6.41 Å². The van der Waals surface area contributed by atoms with E-state index in [1.54, 1.807) is 6.20 Å². The number of benzene rings is 1. The summed E-state index contributed by atoms with van der Waals surface area (Å²) >= 11 is 0. The van der Waals surface area contributed by atoms with E-state index in [4.69, 9.17) is 0 Å². The average Bonchev–Trinajstić information content (AvgIpc) is 2.68. The fourth-order valence-corrected chi connectivity index (χ4v) is 2.90. The minimum absolute atomic E-state index is 0.0762. The second-order valence-corrected chi connectivity index (χ2v) is 5.83. The summed E-state index contributed by atoms with van der Waals surface area (Å²) < 4.78 is 0. The predicted octanol–water partition coefficient (Wildman–Crippen LogP) is 2.46. The Bertz CT molecular complexity index is 858. The van der Waals surface area contributed by atoms with Crippen molar-refractivity contribution in [2.75, 3.05) is 14.1 Å². The van der Waals surface area contributed by atoms with Crippen LogP contribution in [0.5, 0.6) is 0 Å². The van der Waals surface area contributed by atoms with Gasteiger partial charge in [-0.3, -0.25) is 15.1 Å². The Balaban J connectivity index is 1.98. The first-order chi connectivity index (χ1) is 12.7. The summed E-state index contributed by atoms with van der Waals surface area (Å²) in [5.74, 6) is 0.513. The van der Waals surface area contributed by atoms with E-state index in [1.165, 1.54) is 0 Å². The first kappa shape index (κ1) is 17.6. The van der Waals surface area contributed by atoms with Crippen molar-refractivity contribution in [1.29, 1.82) is 0 Å². The van der Waals surface area contributed by atoms with Gasteiger partial charge in [0.25, 0.3) is 0 Å². The second kappa shape index (κ2) is 8.22. The number of nitrogens with zero attached hydrogens (tertiary/aromatic N) is 3. The first-order valence-electron chi connectivity index (χ1n) is 8.30. The lowest BCUT2D eigenvalue weighted by Crippen LogP contribution is -2.46. The molecule has 1 atom stereocenters. The number of carbonyl (C=O) groups is 1. The number of likely N-dealkylation sites (N-methyl/N-ethyl adjacent to an activating group) is 2. The van der Waals surface area contributed by atoms with E-state index in [9.17, 15) is 4.79 Å². The maximum absolute atomic E-state index is 11.1. The van der Waals surface area contributed by atoms with Gasteiger partial charge in [0.05, 0.1) is 5.69 Å². The van der Waals surface area contributed by atoms with Crippen LogP contribution >= 0.6 is 0 Å². The van der Waals surface area contributed by atoms with Gasteiger partial charge in [-0.1, -0.05) is 24.3 Å². The van der Waals surface area contributed by atoms with Crippen molar-refractivity contribution in [2.24, 2.45) is 4.99 Å². The zero-order valence-electron chi connectivity index (χ0n) is 14.8. The average molecular weight is 347 g/mol. The van der Waals surface area contributed by atoms with Crippen molar-refractivity contribution in [3.8, 4) is 11.1 Å². The number of amides is 1. The van der Waals surface area contributed by atoms with E-state index < -0.39 is 0 Å². The van der Waals surface area contributed by atoms with Crippen LogP contribution in [0, 0.1) is 0 Å². The van der Waals surface area contributed by atoms with E-state index in [-0.39, 0.29) is 6.17 Å². The van der Waals surface area contributed by atoms with Gasteiger partial charge in [0.15, 0.2) is 0 Å². The van der Waals surface area contributed by atoms with Crippen LogP contribution in [0.15, 0.2) is 77.7 Å². The summed E-state index contributed by atoms with van der Waals surface area (Å²) in [6.07, 6.45) is 9.97. The number of aromatic nitrogens is 1. The Morgan fingerprint density at radius 2 is 2.12 bits per heavy atom. The van der Waals surface area contributed by atoms with E-state index in [0.29, 0.717) is 12.2 Å². The molecule has 0 aliphatic carbocycles. The van der Waals surface area contributed by atoms with Gasteiger partial charge < -0.3 is 10.2 Å². The molecule has 0 bridgehead atoms. The van der Waals surface area contributed by atoms with E-state index >= 15 is 0 Å². The normalized spacial score (nSPS) is 17.0. The lowest BCUT2D eigenvalue weighted by atomic mass is 10.1. The molecule has 1 aromatic carbocycles. The molecule has 0 saturated carbocycles. The monoisotopic (exact) mass is 347 g/mol. The zero-order chi connectivity index (χ0) is 18.4. The smallest absolute Gasteiger partial charge is 0.212 e. The molecule has 1 aromatic heterocycles. The van der Waals surface area contributed by atoms with Crippen LogP contribution < -0.4 is 10.6 Å². The lowest BCUT2D eigenvalue weighted by molar-refractivity contribution is -0.108. The molecule has 0 fully saturated rings. The van der Waals surface area contributed by atoms with Crippen LogP contribution in [-0.2, 0) is 4.79 Å². The maximum atomic E-state index is 11.1. The third-order valence-corrected chi connectivity index (χ3v) is 4.12. The molecule has 26 heavy (non-hydrogen) atoms. The number of amidine groups is 1. The summed E-state index contributed by atoms with van der Waals surface area (Å²) in [5, 5.41) is 5.96. The van der Waals surface area contributed by atoms with Crippen molar-refractivity contribution < 1.29 is 4.79 Å². The van der Waals surface area contributed by atoms with Crippen LogP contribution in [0.25, 0.3) is 11.1 Å². The molecule has 6 heteroatoms. The van der Waals surface area contributed by atoms with Gasteiger partial charge in [-0.05, 0) is 36.9 Å². The van der Waals surface area contributed by atoms with Gasteiger partial charge >= 0.3 is 0 Å².